The van der Waals surface area contributed by atoms with E-state index in [1.165, 1.54) is 11.1 Å². The zero-order chi connectivity index (χ0) is 15.2. The zero-order valence-corrected chi connectivity index (χ0v) is 12.8. The highest BCUT2D eigenvalue weighted by Crippen LogP contribution is 2.20. The molecule has 1 atom stereocenters. The number of carbonyl (C=O) groups is 1. The fourth-order valence-electron chi connectivity index (χ4n) is 2.20. The number of hydrogen-bond donors (Lipinski definition) is 2. The van der Waals surface area contributed by atoms with Gasteiger partial charge in [0.25, 0.3) is 5.91 Å². The third kappa shape index (κ3) is 4.09. The Kier molecular flexibility index (Phi) is 4.99. The minimum Gasteiger partial charge on any atom is -0.379 e. The van der Waals surface area contributed by atoms with Gasteiger partial charge in [0, 0.05) is 23.8 Å². The summed E-state index contributed by atoms with van der Waals surface area (Å²) in [5.74, 6) is -0.0378. The molecule has 0 spiro atoms. The Morgan fingerprint density at radius 2 is 1.86 bits per heavy atom. The van der Waals surface area contributed by atoms with Gasteiger partial charge in [0.2, 0.25) is 0 Å². The Morgan fingerprint density at radius 3 is 2.52 bits per heavy atom. The lowest BCUT2D eigenvalue weighted by atomic mass is 10.1. The predicted molar refractivity (Wildman–Crippen MR) is 87.7 cm³/mol. The average molecular weight is 282 g/mol. The highest BCUT2D eigenvalue weighted by Gasteiger charge is 2.08. The molecular formula is C18H22N2O. The van der Waals surface area contributed by atoms with Gasteiger partial charge in [-0.05, 0) is 44.5 Å². The summed E-state index contributed by atoms with van der Waals surface area (Å²) >= 11 is 0. The Hall–Kier alpha value is -2.29. The summed E-state index contributed by atoms with van der Waals surface area (Å²) in [6.07, 6.45) is 0. The van der Waals surface area contributed by atoms with Crippen molar-refractivity contribution in [3.05, 3.63) is 65.2 Å². The van der Waals surface area contributed by atoms with Crippen LogP contribution in [0, 0.1) is 6.92 Å². The summed E-state index contributed by atoms with van der Waals surface area (Å²) in [6, 6.07) is 16.2. The van der Waals surface area contributed by atoms with Crippen molar-refractivity contribution in [2.75, 3.05) is 11.9 Å². The molecule has 2 aromatic carbocycles. The lowest BCUT2D eigenvalue weighted by molar-refractivity contribution is 0.0956. The van der Waals surface area contributed by atoms with Crippen LogP contribution in [0.25, 0.3) is 0 Å². The van der Waals surface area contributed by atoms with Crippen molar-refractivity contribution in [2.24, 2.45) is 0 Å². The first-order valence-electron chi connectivity index (χ1n) is 7.31. The molecule has 0 bridgehead atoms. The molecule has 0 heterocycles. The van der Waals surface area contributed by atoms with E-state index in [9.17, 15) is 4.79 Å². The monoisotopic (exact) mass is 282 g/mol. The maximum Gasteiger partial charge on any atom is 0.251 e. The molecule has 0 radical (unpaired) electrons. The van der Waals surface area contributed by atoms with Gasteiger partial charge in [-0.25, -0.2) is 0 Å². The van der Waals surface area contributed by atoms with Crippen molar-refractivity contribution in [3.63, 3.8) is 0 Å². The normalized spacial score (nSPS) is 11.8. The Balaban J connectivity index is 2.10. The van der Waals surface area contributed by atoms with Gasteiger partial charge in [-0.3, -0.25) is 4.79 Å². The summed E-state index contributed by atoms with van der Waals surface area (Å²) in [5.41, 5.74) is 4.11. The standard InChI is InChI=1S/C18H22N2O/c1-4-19-18(21)16-6-5-7-17(12-16)20-14(3)15-10-8-13(2)9-11-15/h5-12,14,20H,4H2,1-3H3,(H,19,21). The molecule has 2 rings (SSSR count). The molecule has 3 nitrogen and oxygen atoms in total. The summed E-state index contributed by atoms with van der Waals surface area (Å²) in [7, 11) is 0. The number of benzene rings is 2. The molecule has 2 N–H and O–H groups in total. The van der Waals surface area contributed by atoms with Crippen LogP contribution in [0.3, 0.4) is 0 Å². The molecule has 21 heavy (non-hydrogen) atoms. The van der Waals surface area contributed by atoms with Crippen molar-refractivity contribution in [1.29, 1.82) is 0 Å². The number of aryl methyl sites for hydroxylation is 1. The second-order valence-electron chi connectivity index (χ2n) is 5.22. The summed E-state index contributed by atoms with van der Waals surface area (Å²) in [5, 5.41) is 6.25. The number of anilines is 1. The van der Waals surface area contributed by atoms with E-state index in [-0.39, 0.29) is 11.9 Å². The Labute approximate surface area is 126 Å². The van der Waals surface area contributed by atoms with Crippen molar-refractivity contribution in [2.45, 2.75) is 26.8 Å². The number of carbonyl (C=O) groups excluding carboxylic acids is 1. The van der Waals surface area contributed by atoms with Crippen LogP contribution in [-0.4, -0.2) is 12.5 Å². The number of nitrogens with one attached hydrogen (secondary N) is 2. The van der Waals surface area contributed by atoms with E-state index in [4.69, 9.17) is 0 Å². The first-order chi connectivity index (χ1) is 10.1. The van der Waals surface area contributed by atoms with E-state index in [2.05, 4.69) is 48.7 Å². The molecule has 0 aromatic heterocycles. The van der Waals surface area contributed by atoms with Gasteiger partial charge in [0.05, 0.1) is 0 Å². The van der Waals surface area contributed by atoms with Crippen LogP contribution in [0.2, 0.25) is 0 Å². The van der Waals surface area contributed by atoms with Crippen LogP contribution < -0.4 is 10.6 Å². The summed E-state index contributed by atoms with van der Waals surface area (Å²) < 4.78 is 0. The third-order valence-electron chi connectivity index (χ3n) is 3.42. The van der Waals surface area contributed by atoms with Crippen molar-refractivity contribution in [1.82, 2.24) is 5.32 Å². The minimum atomic E-state index is -0.0378. The van der Waals surface area contributed by atoms with Crippen LogP contribution >= 0.6 is 0 Å². The number of amides is 1. The highest BCUT2D eigenvalue weighted by molar-refractivity contribution is 5.95. The van der Waals surface area contributed by atoms with E-state index in [1.807, 2.05) is 31.2 Å². The minimum absolute atomic E-state index is 0.0378. The van der Waals surface area contributed by atoms with E-state index >= 15 is 0 Å². The lowest BCUT2D eigenvalue weighted by Gasteiger charge is -2.16. The SMILES string of the molecule is CCNC(=O)c1cccc(NC(C)c2ccc(C)cc2)c1. The van der Waals surface area contributed by atoms with Crippen LogP contribution in [-0.2, 0) is 0 Å². The van der Waals surface area contributed by atoms with Crippen LogP contribution in [0.15, 0.2) is 48.5 Å². The smallest absolute Gasteiger partial charge is 0.251 e. The molecule has 0 aliphatic heterocycles. The van der Waals surface area contributed by atoms with Gasteiger partial charge in [-0.1, -0.05) is 35.9 Å². The molecule has 0 saturated heterocycles. The summed E-state index contributed by atoms with van der Waals surface area (Å²) in [6.45, 7) is 6.75. The quantitative estimate of drug-likeness (QED) is 0.872. The molecule has 2 aromatic rings. The van der Waals surface area contributed by atoms with Crippen LogP contribution in [0.1, 0.15) is 41.4 Å². The fourth-order valence-corrected chi connectivity index (χ4v) is 2.20. The molecule has 1 amide bonds. The van der Waals surface area contributed by atoms with E-state index < -0.39 is 0 Å². The van der Waals surface area contributed by atoms with Crippen molar-refractivity contribution < 1.29 is 4.79 Å². The number of rotatable bonds is 5. The maximum atomic E-state index is 11.9. The lowest BCUT2D eigenvalue weighted by Crippen LogP contribution is -2.22. The predicted octanol–water partition coefficient (Wildman–Crippen LogP) is 3.92. The van der Waals surface area contributed by atoms with Crippen LogP contribution in [0.4, 0.5) is 5.69 Å². The molecule has 3 heteroatoms. The Morgan fingerprint density at radius 1 is 1.14 bits per heavy atom. The second kappa shape index (κ2) is 6.93. The molecule has 0 aliphatic carbocycles. The molecular weight excluding hydrogens is 260 g/mol. The largest absolute Gasteiger partial charge is 0.379 e. The fraction of sp³-hybridized carbons (Fsp3) is 0.278. The molecule has 0 fully saturated rings. The van der Waals surface area contributed by atoms with Gasteiger partial charge in [0.15, 0.2) is 0 Å². The maximum absolute atomic E-state index is 11.9. The second-order valence-corrected chi connectivity index (χ2v) is 5.22. The molecule has 1 unspecified atom stereocenters. The Bertz CT molecular complexity index is 605. The van der Waals surface area contributed by atoms with E-state index in [0.717, 1.165) is 5.69 Å². The molecule has 110 valence electrons. The highest BCUT2D eigenvalue weighted by atomic mass is 16.1. The first-order valence-corrected chi connectivity index (χ1v) is 7.31. The molecule has 0 aliphatic rings. The van der Waals surface area contributed by atoms with Gasteiger partial charge < -0.3 is 10.6 Å². The van der Waals surface area contributed by atoms with Gasteiger partial charge in [-0.15, -0.1) is 0 Å². The molecule has 0 saturated carbocycles. The van der Waals surface area contributed by atoms with Crippen LogP contribution in [0.5, 0.6) is 0 Å². The van der Waals surface area contributed by atoms with E-state index in [0.29, 0.717) is 12.1 Å². The topological polar surface area (TPSA) is 41.1 Å². The van der Waals surface area contributed by atoms with E-state index in [1.54, 1.807) is 0 Å². The number of hydrogen-bond acceptors (Lipinski definition) is 2. The summed E-state index contributed by atoms with van der Waals surface area (Å²) in [4.78, 5) is 11.9. The van der Waals surface area contributed by atoms with Crippen molar-refractivity contribution >= 4 is 11.6 Å². The zero-order valence-electron chi connectivity index (χ0n) is 12.8. The third-order valence-corrected chi connectivity index (χ3v) is 3.42. The van der Waals surface area contributed by atoms with Crippen molar-refractivity contribution in [3.8, 4) is 0 Å². The van der Waals surface area contributed by atoms with Gasteiger partial charge in [-0.2, -0.15) is 0 Å². The van der Waals surface area contributed by atoms with Gasteiger partial charge >= 0.3 is 0 Å². The van der Waals surface area contributed by atoms with Gasteiger partial charge in [0.1, 0.15) is 0 Å². The average Bonchev–Trinajstić information content (AvgIpc) is 2.48. The first kappa shape index (κ1) is 15.1.